The Bertz CT molecular complexity index is 789. The predicted octanol–water partition coefficient (Wildman–Crippen LogP) is 4.14. The molecule has 0 bridgehead atoms. The summed E-state index contributed by atoms with van der Waals surface area (Å²) in [6, 6.07) is 15.7. The number of H-pyrrole nitrogens is 1. The fraction of sp³-hybridized carbons (Fsp3) is 0.167. The lowest BCUT2D eigenvalue weighted by atomic mass is 10.1. The van der Waals surface area contributed by atoms with E-state index in [1.165, 1.54) is 0 Å². The molecular formula is C18H18N2O. The van der Waals surface area contributed by atoms with Crippen LogP contribution in [0.25, 0.3) is 10.9 Å². The van der Waals surface area contributed by atoms with Gasteiger partial charge in [-0.3, -0.25) is 4.79 Å². The topological polar surface area (TPSA) is 36.1 Å². The standard InChI is InChI=1S/C18H18N2O/c1-3-20(17-7-5-4-6-13(17)2)18(21)15-8-9-16-14(12-15)10-11-19-16/h4-12,19H,3H2,1-2H3. The normalized spacial score (nSPS) is 10.8. The average Bonchev–Trinajstić information content (AvgIpc) is 2.97. The van der Waals surface area contributed by atoms with Crippen molar-refractivity contribution in [3.8, 4) is 0 Å². The number of aromatic amines is 1. The van der Waals surface area contributed by atoms with E-state index < -0.39 is 0 Å². The Balaban J connectivity index is 2.00. The van der Waals surface area contributed by atoms with Gasteiger partial charge >= 0.3 is 0 Å². The molecule has 0 spiro atoms. The molecule has 1 aromatic heterocycles. The molecule has 3 heteroatoms. The minimum absolute atomic E-state index is 0.0369. The lowest BCUT2D eigenvalue weighted by molar-refractivity contribution is 0.0988. The van der Waals surface area contributed by atoms with Gasteiger partial charge in [-0.1, -0.05) is 18.2 Å². The van der Waals surface area contributed by atoms with Gasteiger partial charge in [0.05, 0.1) is 0 Å². The minimum Gasteiger partial charge on any atom is -0.361 e. The van der Waals surface area contributed by atoms with Gasteiger partial charge in [0.2, 0.25) is 0 Å². The molecule has 0 fully saturated rings. The van der Waals surface area contributed by atoms with Gasteiger partial charge in [0.1, 0.15) is 0 Å². The van der Waals surface area contributed by atoms with Gasteiger partial charge < -0.3 is 9.88 Å². The Morgan fingerprint density at radius 3 is 2.71 bits per heavy atom. The van der Waals surface area contributed by atoms with E-state index in [0.717, 1.165) is 22.2 Å². The van der Waals surface area contributed by atoms with Crippen LogP contribution < -0.4 is 4.90 Å². The summed E-state index contributed by atoms with van der Waals surface area (Å²) in [6.07, 6.45) is 1.89. The molecule has 0 saturated carbocycles. The number of hydrogen-bond acceptors (Lipinski definition) is 1. The van der Waals surface area contributed by atoms with E-state index in [2.05, 4.69) is 4.98 Å². The van der Waals surface area contributed by atoms with Crippen molar-refractivity contribution in [1.82, 2.24) is 4.98 Å². The number of carbonyl (C=O) groups is 1. The highest BCUT2D eigenvalue weighted by molar-refractivity contribution is 6.08. The highest BCUT2D eigenvalue weighted by atomic mass is 16.2. The van der Waals surface area contributed by atoms with Crippen molar-refractivity contribution in [2.45, 2.75) is 13.8 Å². The van der Waals surface area contributed by atoms with E-state index in [-0.39, 0.29) is 5.91 Å². The number of nitrogens with one attached hydrogen (secondary N) is 1. The number of rotatable bonds is 3. The first kappa shape index (κ1) is 13.4. The predicted molar refractivity (Wildman–Crippen MR) is 86.8 cm³/mol. The summed E-state index contributed by atoms with van der Waals surface area (Å²) in [6.45, 7) is 4.68. The largest absolute Gasteiger partial charge is 0.361 e. The summed E-state index contributed by atoms with van der Waals surface area (Å²) in [7, 11) is 0. The number of fused-ring (bicyclic) bond motifs is 1. The lowest BCUT2D eigenvalue weighted by Gasteiger charge is -2.23. The third kappa shape index (κ3) is 2.42. The maximum atomic E-state index is 12.8. The van der Waals surface area contributed by atoms with Crippen LogP contribution in [0.3, 0.4) is 0 Å². The van der Waals surface area contributed by atoms with Gasteiger partial charge in [-0.2, -0.15) is 0 Å². The zero-order chi connectivity index (χ0) is 14.8. The van der Waals surface area contributed by atoms with E-state index in [4.69, 9.17) is 0 Å². The van der Waals surface area contributed by atoms with E-state index in [0.29, 0.717) is 12.1 Å². The highest BCUT2D eigenvalue weighted by Crippen LogP contribution is 2.23. The van der Waals surface area contributed by atoms with Crippen molar-refractivity contribution in [2.24, 2.45) is 0 Å². The number of nitrogens with zero attached hydrogens (tertiary/aromatic N) is 1. The van der Waals surface area contributed by atoms with Gasteiger partial charge in [-0.25, -0.2) is 0 Å². The number of anilines is 1. The second-order valence-corrected chi connectivity index (χ2v) is 5.12. The first-order chi connectivity index (χ1) is 10.2. The second kappa shape index (κ2) is 5.44. The molecule has 0 atom stereocenters. The molecule has 0 aliphatic heterocycles. The maximum Gasteiger partial charge on any atom is 0.258 e. The Morgan fingerprint density at radius 1 is 1.14 bits per heavy atom. The SMILES string of the molecule is CCN(C(=O)c1ccc2[nH]ccc2c1)c1ccccc1C. The number of para-hydroxylation sites is 1. The molecule has 2 aromatic carbocycles. The van der Waals surface area contributed by atoms with Crippen LogP contribution in [0, 0.1) is 6.92 Å². The number of aryl methyl sites for hydroxylation is 1. The van der Waals surface area contributed by atoms with Crippen molar-refractivity contribution >= 4 is 22.5 Å². The summed E-state index contributed by atoms with van der Waals surface area (Å²) < 4.78 is 0. The smallest absolute Gasteiger partial charge is 0.258 e. The van der Waals surface area contributed by atoms with Gasteiger partial charge in [0.15, 0.2) is 0 Å². The fourth-order valence-electron chi connectivity index (χ4n) is 2.63. The van der Waals surface area contributed by atoms with Gasteiger partial charge in [0, 0.05) is 34.9 Å². The average molecular weight is 278 g/mol. The molecule has 0 saturated heterocycles. The van der Waals surface area contributed by atoms with Crippen LogP contribution in [0.1, 0.15) is 22.8 Å². The number of benzene rings is 2. The van der Waals surface area contributed by atoms with Crippen LogP contribution in [0.2, 0.25) is 0 Å². The van der Waals surface area contributed by atoms with Crippen molar-refractivity contribution < 1.29 is 4.79 Å². The highest BCUT2D eigenvalue weighted by Gasteiger charge is 2.17. The summed E-state index contributed by atoms with van der Waals surface area (Å²) >= 11 is 0. The summed E-state index contributed by atoms with van der Waals surface area (Å²) in [5, 5.41) is 1.06. The van der Waals surface area contributed by atoms with Crippen LogP contribution in [0.15, 0.2) is 54.7 Å². The first-order valence-electron chi connectivity index (χ1n) is 7.15. The molecule has 0 aliphatic carbocycles. The monoisotopic (exact) mass is 278 g/mol. The third-order valence-electron chi connectivity index (χ3n) is 3.77. The summed E-state index contributed by atoms with van der Waals surface area (Å²) in [5.74, 6) is 0.0369. The van der Waals surface area contributed by atoms with Gasteiger partial charge in [0.25, 0.3) is 5.91 Å². The summed E-state index contributed by atoms with van der Waals surface area (Å²) in [4.78, 5) is 17.8. The molecule has 0 unspecified atom stereocenters. The molecule has 3 aromatic rings. The number of hydrogen-bond donors (Lipinski definition) is 1. The molecule has 21 heavy (non-hydrogen) atoms. The van der Waals surface area contributed by atoms with Crippen molar-refractivity contribution in [3.05, 3.63) is 65.9 Å². The Hall–Kier alpha value is -2.55. The zero-order valence-electron chi connectivity index (χ0n) is 12.3. The van der Waals surface area contributed by atoms with Crippen LogP contribution in [0.4, 0.5) is 5.69 Å². The Labute approximate surface area is 124 Å². The van der Waals surface area contributed by atoms with Crippen LogP contribution in [-0.4, -0.2) is 17.4 Å². The van der Waals surface area contributed by atoms with Crippen LogP contribution in [-0.2, 0) is 0 Å². The quantitative estimate of drug-likeness (QED) is 0.768. The second-order valence-electron chi connectivity index (χ2n) is 5.12. The van der Waals surface area contributed by atoms with E-state index in [1.807, 2.05) is 73.5 Å². The molecule has 1 N–H and O–H groups in total. The molecule has 3 rings (SSSR count). The molecule has 0 radical (unpaired) electrons. The van der Waals surface area contributed by atoms with Crippen molar-refractivity contribution in [3.63, 3.8) is 0 Å². The van der Waals surface area contributed by atoms with E-state index in [1.54, 1.807) is 0 Å². The molecular weight excluding hydrogens is 260 g/mol. The molecule has 3 nitrogen and oxygen atoms in total. The van der Waals surface area contributed by atoms with Crippen LogP contribution in [0.5, 0.6) is 0 Å². The fourth-order valence-corrected chi connectivity index (χ4v) is 2.63. The van der Waals surface area contributed by atoms with E-state index in [9.17, 15) is 4.79 Å². The number of carbonyl (C=O) groups excluding carboxylic acids is 1. The van der Waals surface area contributed by atoms with Crippen molar-refractivity contribution in [1.29, 1.82) is 0 Å². The molecule has 1 amide bonds. The van der Waals surface area contributed by atoms with Gasteiger partial charge in [-0.05, 0) is 49.7 Å². The molecule has 0 aliphatic rings. The van der Waals surface area contributed by atoms with Gasteiger partial charge in [-0.15, -0.1) is 0 Å². The number of amides is 1. The summed E-state index contributed by atoms with van der Waals surface area (Å²) in [5.41, 5.74) is 3.84. The minimum atomic E-state index is 0.0369. The number of aromatic nitrogens is 1. The Morgan fingerprint density at radius 2 is 1.95 bits per heavy atom. The molecule has 106 valence electrons. The first-order valence-corrected chi connectivity index (χ1v) is 7.15. The van der Waals surface area contributed by atoms with Crippen molar-refractivity contribution in [2.75, 3.05) is 11.4 Å². The molecule has 1 heterocycles. The third-order valence-corrected chi connectivity index (χ3v) is 3.77. The zero-order valence-corrected chi connectivity index (χ0v) is 12.3. The Kier molecular flexibility index (Phi) is 3.48. The van der Waals surface area contributed by atoms with Crippen LogP contribution >= 0.6 is 0 Å². The lowest BCUT2D eigenvalue weighted by Crippen LogP contribution is -2.31. The van der Waals surface area contributed by atoms with E-state index >= 15 is 0 Å². The maximum absolute atomic E-state index is 12.8.